The number of carbonyl (C=O) groups is 1. The number of nitrogen functional groups attached to an aromatic ring is 1. The molecule has 6 nitrogen and oxygen atoms in total. The highest BCUT2D eigenvalue weighted by molar-refractivity contribution is 5.92. The number of nitrogens with one attached hydrogen (secondary N) is 1. The minimum absolute atomic E-state index is 0.0302. The van der Waals surface area contributed by atoms with E-state index in [1.54, 1.807) is 6.92 Å². The number of likely N-dealkylation sites (N-methyl/N-ethyl adjacent to an activating group) is 1. The monoisotopic (exact) mass is 261 g/mol. The van der Waals surface area contributed by atoms with Crippen LogP contribution in [0.3, 0.4) is 0 Å². The molecule has 0 spiro atoms. The molecule has 0 aromatic carbocycles. The normalized spacial score (nSPS) is 10.9. The Balaban J connectivity index is 2.60. The molecule has 2 aromatic heterocycles. The highest BCUT2D eigenvalue weighted by atomic mass is 16.1. The second-order valence-electron chi connectivity index (χ2n) is 4.60. The molecule has 0 aliphatic rings. The number of aromatic nitrogens is 3. The van der Waals surface area contributed by atoms with Gasteiger partial charge in [0.05, 0.1) is 5.39 Å². The van der Waals surface area contributed by atoms with Crippen molar-refractivity contribution in [3.63, 3.8) is 0 Å². The van der Waals surface area contributed by atoms with Gasteiger partial charge in [-0.3, -0.25) is 4.79 Å². The lowest BCUT2D eigenvalue weighted by Gasteiger charge is -2.08. The molecule has 0 aliphatic heterocycles. The molecule has 3 N–H and O–H groups in total. The van der Waals surface area contributed by atoms with Crippen molar-refractivity contribution >= 4 is 22.8 Å². The van der Waals surface area contributed by atoms with Crippen LogP contribution in [0.15, 0.2) is 0 Å². The molecule has 0 atom stereocenters. The number of nitrogens with two attached hydrogens (primary N) is 1. The number of anilines is 1. The molecule has 0 bridgehead atoms. The smallest absolute Gasteiger partial charge is 0.239 e. The largest absolute Gasteiger partial charge is 0.383 e. The van der Waals surface area contributed by atoms with Crippen LogP contribution < -0.4 is 11.1 Å². The van der Waals surface area contributed by atoms with Crippen LogP contribution in [-0.2, 0) is 11.3 Å². The van der Waals surface area contributed by atoms with Crippen LogP contribution >= 0.6 is 0 Å². The quantitative estimate of drug-likeness (QED) is 0.865. The topological polar surface area (TPSA) is 85.8 Å². The van der Waals surface area contributed by atoms with Gasteiger partial charge in [0, 0.05) is 12.2 Å². The fourth-order valence-corrected chi connectivity index (χ4v) is 2.27. The van der Waals surface area contributed by atoms with Gasteiger partial charge in [0.2, 0.25) is 5.91 Å². The van der Waals surface area contributed by atoms with Crippen LogP contribution in [0.2, 0.25) is 0 Å². The van der Waals surface area contributed by atoms with Gasteiger partial charge in [-0.15, -0.1) is 0 Å². The fraction of sp³-hybridized carbons (Fsp3) is 0.462. The highest BCUT2D eigenvalue weighted by Gasteiger charge is 2.17. The summed E-state index contributed by atoms with van der Waals surface area (Å²) in [7, 11) is 0. The van der Waals surface area contributed by atoms with Crippen LogP contribution in [-0.4, -0.2) is 27.0 Å². The second-order valence-corrected chi connectivity index (χ2v) is 4.60. The van der Waals surface area contributed by atoms with Crippen molar-refractivity contribution in [1.29, 1.82) is 0 Å². The maximum atomic E-state index is 11.8. The lowest BCUT2D eigenvalue weighted by molar-refractivity contribution is -0.121. The fourth-order valence-electron chi connectivity index (χ4n) is 2.27. The lowest BCUT2D eigenvalue weighted by Crippen LogP contribution is -2.27. The van der Waals surface area contributed by atoms with Gasteiger partial charge in [0.15, 0.2) is 0 Å². The summed E-state index contributed by atoms with van der Waals surface area (Å²) >= 11 is 0. The summed E-state index contributed by atoms with van der Waals surface area (Å²) in [5.74, 6) is 1.05. The first-order chi connectivity index (χ1) is 8.95. The van der Waals surface area contributed by atoms with Crippen molar-refractivity contribution < 1.29 is 4.79 Å². The number of nitrogens with zero attached hydrogens (tertiary/aromatic N) is 3. The number of aryl methyl sites for hydroxylation is 2. The molecule has 102 valence electrons. The molecule has 6 heteroatoms. The highest BCUT2D eigenvalue weighted by Crippen LogP contribution is 2.27. The first-order valence-electron chi connectivity index (χ1n) is 6.31. The van der Waals surface area contributed by atoms with Crippen LogP contribution in [0.25, 0.3) is 11.0 Å². The molecular weight excluding hydrogens is 242 g/mol. The third kappa shape index (κ3) is 2.25. The van der Waals surface area contributed by atoms with Crippen LogP contribution in [0.5, 0.6) is 0 Å². The van der Waals surface area contributed by atoms with Crippen molar-refractivity contribution in [1.82, 2.24) is 19.9 Å². The molecular formula is C13H19N5O. The third-order valence-electron chi connectivity index (χ3n) is 3.28. The zero-order chi connectivity index (χ0) is 14.2. The maximum absolute atomic E-state index is 11.8. The summed E-state index contributed by atoms with van der Waals surface area (Å²) in [5, 5.41) is 3.63. The van der Waals surface area contributed by atoms with E-state index >= 15 is 0 Å². The lowest BCUT2D eigenvalue weighted by atomic mass is 10.2. The summed E-state index contributed by atoms with van der Waals surface area (Å²) in [4.78, 5) is 20.4. The van der Waals surface area contributed by atoms with Crippen LogP contribution in [0, 0.1) is 20.8 Å². The molecule has 0 fully saturated rings. The van der Waals surface area contributed by atoms with Gasteiger partial charge in [-0.1, -0.05) is 0 Å². The number of hydrogen-bond donors (Lipinski definition) is 2. The van der Waals surface area contributed by atoms with Gasteiger partial charge in [-0.25, -0.2) is 9.97 Å². The van der Waals surface area contributed by atoms with E-state index in [1.165, 1.54) is 0 Å². The van der Waals surface area contributed by atoms with Crippen molar-refractivity contribution in [3.8, 4) is 0 Å². The standard InChI is InChI=1S/C13H19N5O/c1-5-15-10(19)6-18-8(3)7(2)11-12(14)16-9(4)17-13(11)18/h5-6H2,1-4H3,(H,15,19)(H2,14,16,17). The Morgan fingerprint density at radius 3 is 2.63 bits per heavy atom. The minimum Gasteiger partial charge on any atom is -0.383 e. The summed E-state index contributed by atoms with van der Waals surface area (Å²) in [5.41, 5.74) is 8.71. The van der Waals surface area contributed by atoms with Gasteiger partial charge >= 0.3 is 0 Å². The predicted octanol–water partition coefficient (Wildman–Crippen LogP) is 1.07. The van der Waals surface area contributed by atoms with Crippen LogP contribution in [0.4, 0.5) is 5.82 Å². The summed E-state index contributed by atoms with van der Waals surface area (Å²) in [6, 6.07) is 0. The SMILES string of the molecule is CCNC(=O)Cn1c(C)c(C)c2c(N)nc(C)nc21. The zero-order valence-corrected chi connectivity index (χ0v) is 11.7. The number of hydrogen-bond acceptors (Lipinski definition) is 4. The van der Waals surface area contributed by atoms with Gasteiger partial charge in [0.25, 0.3) is 0 Å². The van der Waals surface area contributed by atoms with Gasteiger partial charge in [-0.05, 0) is 33.3 Å². The van der Waals surface area contributed by atoms with Crippen molar-refractivity contribution in [2.24, 2.45) is 0 Å². The average molecular weight is 261 g/mol. The number of rotatable bonds is 3. The molecule has 19 heavy (non-hydrogen) atoms. The Hall–Kier alpha value is -2.11. The molecule has 1 amide bonds. The van der Waals surface area contributed by atoms with Gasteiger partial charge < -0.3 is 15.6 Å². The molecule has 0 saturated carbocycles. The summed E-state index contributed by atoms with van der Waals surface area (Å²) < 4.78 is 1.89. The van der Waals surface area contributed by atoms with Crippen molar-refractivity contribution in [3.05, 3.63) is 17.1 Å². The predicted molar refractivity (Wildman–Crippen MR) is 74.8 cm³/mol. The Kier molecular flexibility index (Phi) is 3.42. The van der Waals surface area contributed by atoms with E-state index in [0.717, 1.165) is 22.3 Å². The zero-order valence-electron chi connectivity index (χ0n) is 11.7. The first-order valence-corrected chi connectivity index (χ1v) is 6.31. The van der Waals surface area contributed by atoms with Crippen LogP contribution in [0.1, 0.15) is 24.0 Å². The molecule has 2 aromatic rings. The van der Waals surface area contributed by atoms with E-state index in [4.69, 9.17) is 5.73 Å². The summed E-state index contributed by atoms with van der Waals surface area (Å²) in [6.07, 6.45) is 0. The Labute approximate surface area is 112 Å². The van der Waals surface area contributed by atoms with Crippen molar-refractivity contribution in [2.75, 3.05) is 12.3 Å². The van der Waals surface area contributed by atoms with E-state index in [-0.39, 0.29) is 12.5 Å². The Bertz CT molecular complexity index is 644. The molecule has 0 aliphatic carbocycles. The number of amides is 1. The third-order valence-corrected chi connectivity index (χ3v) is 3.28. The Morgan fingerprint density at radius 2 is 2.00 bits per heavy atom. The maximum Gasteiger partial charge on any atom is 0.239 e. The average Bonchev–Trinajstić information content (AvgIpc) is 2.54. The first kappa shape index (κ1) is 13.3. The number of fused-ring (bicyclic) bond motifs is 1. The minimum atomic E-state index is -0.0302. The van der Waals surface area contributed by atoms with E-state index in [0.29, 0.717) is 18.2 Å². The van der Waals surface area contributed by atoms with E-state index < -0.39 is 0 Å². The number of carbonyl (C=O) groups excluding carboxylic acids is 1. The summed E-state index contributed by atoms with van der Waals surface area (Å²) in [6.45, 7) is 8.50. The van der Waals surface area contributed by atoms with Crippen molar-refractivity contribution in [2.45, 2.75) is 34.2 Å². The van der Waals surface area contributed by atoms with Gasteiger partial charge in [-0.2, -0.15) is 0 Å². The molecule has 2 rings (SSSR count). The molecule has 2 heterocycles. The Morgan fingerprint density at radius 1 is 1.32 bits per heavy atom. The van der Waals surface area contributed by atoms with E-state index in [2.05, 4.69) is 15.3 Å². The molecule has 0 radical (unpaired) electrons. The van der Waals surface area contributed by atoms with E-state index in [1.807, 2.05) is 25.3 Å². The second kappa shape index (κ2) is 4.87. The molecule has 0 unspecified atom stereocenters. The van der Waals surface area contributed by atoms with Gasteiger partial charge in [0.1, 0.15) is 23.8 Å². The van der Waals surface area contributed by atoms with E-state index in [9.17, 15) is 4.79 Å². The molecule has 0 saturated heterocycles.